The molecule has 0 fully saturated rings. The minimum absolute atomic E-state index is 0.0456. The molecule has 0 bridgehead atoms. The van der Waals surface area contributed by atoms with Crippen LogP contribution < -0.4 is 20.9 Å². The lowest BCUT2D eigenvalue weighted by atomic mass is 10.2. The number of nitrogens with zero attached hydrogens (tertiary/aromatic N) is 2. The zero-order valence-electron chi connectivity index (χ0n) is 9.54. The summed E-state index contributed by atoms with van der Waals surface area (Å²) in [5, 5.41) is 16.8. The minimum atomic E-state index is -0.173. The van der Waals surface area contributed by atoms with E-state index in [1.54, 1.807) is 6.07 Å². The maximum absolute atomic E-state index is 9.74. The first-order chi connectivity index (χ1) is 8.08. The van der Waals surface area contributed by atoms with Crippen LogP contribution in [0.15, 0.2) is 22.3 Å². The van der Waals surface area contributed by atoms with Crippen molar-refractivity contribution in [2.45, 2.75) is 0 Å². The minimum Gasteiger partial charge on any atom is -0.507 e. The second-order valence-corrected chi connectivity index (χ2v) is 3.03. The number of hydrogen-bond donors (Lipinski definition) is 3. The fraction of sp³-hybridized carbons (Fsp3) is 0.200. The van der Waals surface area contributed by atoms with Crippen LogP contribution in [0.25, 0.3) is 0 Å². The molecule has 0 unspecified atom stereocenters. The van der Waals surface area contributed by atoms with Crippen LogP contribution in [-0.4, -0.2) is 31.5 Å². The predicted octanol–water partition coefficient (Wildman–Crippen LogP) is 0.0167. The van der Waals surface area contributed by atoms with Crippen molar-refractivity contribution in [3.63, 3.8) is 0 Å². The van der Waals surface area contributed by atoms with Gasteiger partial charge in [-0.2, -0.15) is 5.10 Å². The second kappa shape index (κ2) is 5.59. The van der Waals surface area contributed by atoms with E-state index >= 15 is 0 Å². The monoisotopic (exact) mass is 238 g/mol. The number of aromatic hydroxyl groups is 1. The van der Waals surface area contributed by atoms with E-state index in [1.165, 1.54) is 26.5 Å². The lowest BCUT2D eigenvalue weighted by Gasteiger charge is -2.08. The normalized spacial score (nSPS) is 10.2. The van der Waals surface area contributed by atoms with Gasteiger partial charge >= 0.3 is 0 Å². The maximum Gasteiger partial charge on any atom is 0.211 e. The molecule has 17 heavy (non-hydrogen) atoms. The lowest BCUT2D eigenvalue weighted by molar-refractivity contribution is 0.384. The van der Waals surface area contributed by atoms with Gasteiger partial charge in [-0.05, 0) is 0 Å². The summed E-state index contributed by atoms with van der Waals surface area (Å²) in [4.78, 5) is 0. The van der Waals surface area contributed by atoms with Gasteiger partial charge in [-0.1, -0.05) is 0 Å². The molecule has 7 heteroatoms. The summed E-state index contributed by atoms with van der Waals surface area (Å²) in [5.74, 6) is 0.652. The molecule has 0 aliphatic rings. The van der Waals surface area contributed by atoms with Gasteiger partial charge in [0.1, 0.15) is 17.2 Å². The number of phenolic OH excluding ortho intramolecular Hbond substituents is 1. The molecular weight excluding hydrogens is 224 g/mol. The molecule has 1 aromatic rings. The van der Waals surface area contributed by atoms with Crippen molar-refractivity contribution in [1.82, 2.24) is 0 Å². The molecule has 7 nitrogen and oxygen atoms in total. The summed E-state index contributed by atoms with van der Waals surface area (Å²) in [6, 6.07) is 3.04. The van der Waals surface area contributed by atoms with E-state index in [2.05, 4.69) is 10.2 Å². The maximum atomic E-state index is 9.74. The van der Waals surface area contributed by atoms with Gasteiger partial charge in [0.15, 0.2) is 0 Å². The van der Waals surface area contributed by atoms with Crippen LogP contribution in [-0.2, 0) is 0 Å². The number of hydrogen-bond acceptors (Lipinski definition) is 5. The van der Waals surface area contributed by atoms with Crippen molar-refractivity contribution in [1.29, 1.82) is 0 Å². The van der Waals surface area contributed by atoms with E-state index in [9.17, 15) is 5.11 Å². The number of guanidine groups is 1. The van der Waals surface area contributed by atoms with Crippen molar-refractivity contribution in [2.75, 3.05) is 14.2 Å². The average molecular weight is 238 g/mol. The van der Waals surface area contributed by atoms with Crippen LogP contribution >= 0.6 is 0 Å². The average Bonchev–Trinajstić information content (AvgIpc) is 2.30. The third-order valence-electron chi connectivity index (χ3n) is 1.91. The molecule has 0 spiro atoms. The van der Waals surface area contributed by atoms with Gasteiger partial charge in [-0.25, -0.2) is 0 Å². The molecule has 0 aromatic heterocycles. The topological polar surface area (TPSA) is 115 Å². The van der Waals surface area contributed by atoms with Gasteiger partial charge < -0.3 is 26.0 Å². The van der Waals surface area contributed by atoms with Crippen LogP contribution in [0.3, 0.4) is 0 Å². The summed E-state index contributed by atoms with van der Waals surface area (Å²) in [6.07, 6.45) is 1.29. The third kappa shape index (κ3) is 3.26. The number of rotatable bonds is 4. The molecule has 0 amide bonds. The summed E-state index contributed by atoms with van der Waals surface area (Å²) >= 11 is 0. The number of benzene rings is 1. The fourth-order valence-electron chi connectivity index (χ4n) is 1.16. The highest BCUT2D eigenvalue weighted by molar-refractivity contribution is 5.88. The van der Waals surface area contributed by atoms with Gasteiger partial charge in [0.2, 0.25) is 5.96 Å². The van der Waals surface area contributed by atoms with Crippen molar-refractivity contribution in [3.05, 3.63) is 17.7 Å². The molecule has 1 rings (SSSR count). The molecule has 0 aliphatic heterocycles. The zero-order valence-corrected chi connectivity index (χ0v) is 9.54. The largest absolute Gasteiger partial charge is 0.507 e. The van der Waals surface area contributed by atoms with E-state index < -0.39 is 0 Å². The molecule has 0 atom stereocenters. The summed E-state index contributed by atoms with van der Waals surface area (Å²) in [6.45, 7) is 0. The van der Waals surface area contributed by atoms with E-state index in [-0.39, 0.29) is 11.7 Å². The highest BCUT2D eigenvalue weighted by Gasteiger charge is 2.09. The van der Waals surface area contributed by atoms with Crippen molar-refractivity contribution >= 4 is 12.2 Å². The van der Waals surface area contributed by atoms with Crippen LogP contribution in [0.2, 0.25) is 0 Å². The van der Waals surface area contributed by atoms with Gasteiger partial charge in [-0.3, -0.25) is 0 Å². The molecule has 0 saturated carbocycles. The Morgan fingerprint density at radius 1 is 1.29 bits per heavy atom. The van der Waals surface area contributed by atoms with Crippen molar-refractivity contribution in [3.8, 4) is 17.2 Å². The SMILES string of the molecule is COc1cc(O)c(/C=N/N=C(N)N)c(OC)c1. The van der Waals surface area contributed by atoms with Gasteiger partial charge in [0.05, 0.1) is 26.0 Å². The highest BCUT2D eigenvalue weighted by atomic mass is 16.5. The molecule has 5 N–H and O–H groups in total. The molecule has 0 aliphatic carbocycles. The quantitative estimate of drug-likeness (QED) is 0.388. The highest BCUT2D eigenvalue weighted by Crippen LogP contribution is 2.31. The standard InChI is InChI=1S/C10H14N4O3/c1-16-6-3-8(15)7(9(4-6)17-2)5-13-14-10(11)12/h3-5,15H,1-2H3,(H4,11,12,14)/b13-5+. The Labute approximate surface area is 98.4 Å². The smallest absolute Gasteiger partial charge is 0.211 e. The Kier molecular flexibility index (Phi) is 4.15. The molecular formula is C10H14N4O3. The van der Waals surface area contributed by atoms with E-state index in [1.807, 2.05) is 0 Å². The van der Waals surface area contributed by atoms with Crippen molar-refractivity contribution < 1.29 is 14.6 Å². The van der Waals surface area contributed by atoms with Crippen LogP contribution in [0, 0.1) is 0 Å². The summed E-state index contributed by atoms with van der Waals surface area (Å²) in [5.41, 5.74) is 10.6. The van der Waals surface area contributed by atoms with Crippen LogP contribution in [0.4, 0.5) is 0 Å². The van der Waals surface area contributed by atoms with Crippen LogP contribution in [0.5, 0.6) is 17.2 Å². The van der Waals surface area contributed by atoms with Gasteiger partial charge in [-0.15, -0.1) is 5.10 Å². The zero-order chi connectivity index (χ0) is 12.8. The Balaban J connectivity index is 3.14. The fourth-order valence-corrected chi connectivity index (χ4v) is 1.16. The molecule has 0 radical (unpaired) electrons. The molecule has 92 valence electrons. The number of methoxy groups -OCH3 is 2. The first kappa shape index (κ1) is 12.6. The van der Waals surface area contributed by atoms with E-state index in [4.69, 9.17) is 20.9 Å². The molecule has 0 saturated heterocycles. The van der Waals surface area contributed by atoms with Gasteiger partial charge in [0, 0.05) is 12.1 Å². The molecule has 1 aromatic carbocycles. The Morgan fingerprint density at radius 2 is 2.00 bits per heavy atom. The number of ether oxygens (including phenoxy) is 2. The van der Waals surface area contributed by atoms with Crippen molar-refractivity contribution in [2.24, 2.45) is 21.7 Å². The number of phenols is 1. The Morgan fingerprint density at radius 3 is 2.53 bits per heavy atom. The van der Waals surface area contributed by atoms with Gasteiger partial charge in [0.25, 0.3) is 0 Å². The number of nitrogens with two attached hydrogens (primary N) is 2. The summed E-state index contributed by atoms with van der Waals surface area (Å²) < 4.78 is 10.1. The molecule has 0 heterocycles. The second-order valence-electron chi connectivity index (χ2n) is 3.03. The first-order valence-electron chi connectivity index (χ1n) is 4.65. The van der Waals surface area contributed by atoms with E-state index in [0.717, 1.165) is 0 Å². The lowest BCUT2D eigenvalue weighted by Crippen LogP contribution is -2.21. The Hall–Kier alpha value is -2.44. The third-order valence-corrected chi connectivity index (χ3v) is 1.91. The van der Waals surface area contributed by atoms with E-state index in [0.29, 0.717) is 17.1 Å². The van der Waals surface area contributed by atoms with Crippen LogP contribution in [0.1, 0.15) is 5.56 Å². The first-order valence-corrected chi connectivity index (χ1v) is 4.65. The predicted molar refractivity (Wildman–Crippen MR) is 64.6 cm³/mol. The Bertz CT molecular complexity index is 453. The summed E-state index contributed by atoms with van der Waals surface area (Å²) in [7, 11) is 2.95.